The van der Waals surface area contributed by atoms with Gasteiger partial charge in [0.2, 0.25) is 0 Å². The number of alkyl halides is 3. The van der Waals surface area contributed by atoms with Crippen molar-refractivity contribution in [2.75, 3.05) is 19.7 Å². The quantitative estimate of drug-likeness (QED) is 0.318. The lowest BCUT2D eigenvalue weighted by atomic mass is 10.0. The lowest BCUT2D eigenvalue weighted by Crippen LogP contribution is -2.44. The number of amides is 3. The van der Waals surface area contributed by atoms with Crippen LogP contribution in [0, 0.1) is 0 Å². The molecule has 12 heteroatoms. The zero-order chi connectivity index (χ0) is 26.7. The third kappa shape index (κ3) is 5.57. The zero-order valence-electron chi connectivity index (χ0n) is 20.5. The number of unbranched alkanes of at least 4 members (excludes halogenated alkanes) is 1. The van der Waals surface area contributed by atoms with Crippen LogP contribution in [0.5, 0.6) is 5.75 Å². The second-order valence-electron chi connectivity index (χ2n) is 9.20. The number of urea groups is 1. The number of aromatic nitrogens is 1. The first-order chi connectivity index (χ1) is 16.9. The van der Waals surface area contributed by atoms with Crippen LogP contribution in [0.15, 0.2) is 16.7 Å². The molecule has 2 heterocycles. The third-order valence-electron chi connectivity index (χ3n) is 6.18. The highest BCUT2D eigenvalue weighted by Gasteiger charge is 2.50. The molecule has 1 N–H and O–H groups in total. The number of imide groups is 1. The Balaban J connectivity index is 1.63. The van der Waals surface area contributed by atoms with E-state index in [0.29, 0.717) is 43.4 Å². The highest BCUT2D eigenvalue weighted by atomic mass is 19.4. The monoisotopic (exact) mass is 513 g/mol. The Hall–Kier alpha value is -3.31. The van der Waals surface area contributed by atoms with Gasteiger partial charge in [-0.3, -0.25) is 14.5 Å². The van der Waals surface area contributed by atoms with Gasteiger partial charge < -0.3 is 19.3 Å². The zero-order valence-corrected chi connectivity index (χ0v) is 20.5. The number of hydrogen-bond donors (Lipinski definition) is 1. The van der Waals surface area contributed by atoms with E-state index in [-0.39, 0.29) is 43.0 Å². The number of ether oxygens (including phenoxy) is 1. The first-order valence-corrected chi connectivity index (χ1v) is 11.9. The molecule has 0 spiro atoms. The molecule has 0 aliphatic carbocycles. The van der Waals surface area contributed by atoms with E-state index in [1.807, 2.05) is 6.92 Å². The van der Waals surface area contributed by atoms with E-state index in [0.717, 1.165) is 4.90 Å². The van der Waals surface area contributed by atoms with Crippen molar-refractivity contribution in [2.45, 2.75) is 71.0 Å². The lowest BCUT2D eigenvalue weighted by Gasteiger charge is -2.27. The SMILES string of the molecule is CCCc1c(OCCCN2C(=O)N(CCCCC(=O)O)C(C)(C)C2=O)ccc2c(C(F)(F)F)noc12. The highest BCUT2D eigenvalue weighted by Crippen LogP contribution is 2.38. The Kier molecular flexibility index (Phi) is 8.15. The summed E-state index contributed by atoms with van der Waals surface area (Å²) in [4.78, 5) is 39.0. The van der Waals surface area contributed by atoms with Crippen molar-refractivity contribution in [3.05, 3.63) is 23.4 Å². The molecule has 198 valence electrons. The van der Waals surface area contributed by atoms with Gasteiger partial charge in [0.1, 0.15) is 11.3 Å². The van der Waals surface area contributed by atoms with Crippen LogP contribution in [0.1, 0.15) is 64.1 Å². The summed E-state index contributed by atoms with van der Waals surface area (Å²) < 4.78 is 50.4. The van der Waals surface area contributed by atoms with Gasteiger partial charge in [0.15, 0.2) is 11.3 Å². The molecule has 3 rings (SSSR count). The summed E-state index contributed by atoms with van der Waals surface area (Å²) in [7, 11) is 0. The molecule has 1 aliphatic rings. The molecule has 36 heavy (non-hydrogen) atoms. The Morgan fingerprint density at radius 3 is 2.53 bits per heavy atom. The van der Waals surface area contributed by atoms with Gasteiger partial charge in [-0.1, -0.05) is 18.5 Å². The average molecular weight is 514 g/mol. The Labute approximate surface area is 206 Å². The molecule has 9 nitrogen and oxygen atoms in total. The second-order valence-corrected chi connectivity index (χ2v) is 9.20. The molecule has 0 saturated carbocycles. The van der Waals surface area contributed by atoms with Gasteiger partial charge in [-0.2, -0.15) is 13.2 Å². The minimum atomic E-state index is -4.64. The van der Waals surface area contributed by atoms with E-state index in [1.165, 1.54) is 17.0 Å². The Morgan fingerprint density at radius 1 is 1.17 bits per heavy atom. The second kappa shape index (κ2) is 10.8. The fraction of sp³-hybridized carbons (Fsp3) is 0.583. The van der Waals surface area contributed by atoms with Crippen LogP contribution in [0.2, 0.25) is 0 Å². The van der Waals surface area contributed by atoms with E-state index in [9.17, 15) is 27.6 Å². The van der Waals surface area contributed by atoms with Gasteiger partial charge in [-0.05, 0) is 51.7 Å². The summed E-state index contributed by atoms with van der Waals surface area (Å²) in [5, 5.41) is 11.8. The third-order valence-corrected chi connectivity index (χ3v) is 6.18. The standard InChI is InChI=1S/C24H30F3N3O6/c1-4-8-15-17(11-10-16-19(15)36-28-20(16)24(25,26)27)35-14-7-12-29-21(33)23(2,3)30(22(29)34)13-6-5-9-18(31)32/h10-11H,4-9,12-14H2,1-3H3,(H,31,32). The van der Waals surface area contributed by atoms with Gasteiger partial charge in [0.25, 0.3) is 5.91 Å². The van der Waals surface area contributed by atoms with Crippen molar-refractivity contribution in [2.24, 2.45) is 0 Å². The van der Waals surface area contributed by atoms with Gasteiger partial charge in [0, 0.05) is 25.1 Å². The van der Waals surface area contributed by atoms with Gasteiger partial charge in [-0.25, -0.2) is 4.79 Å². The molecule has 1 aromatic heterocycles. The minimum absolute atomic E-state index is 0.00510. The van der Waals surface area contributed by atoms with Crippen LogP contribution >= 0.6 is 0 Å². The predicted octanol–water partition coefficient (Wildman–Crippen LogP) is 4.87. The Bertz CT molecular complexity index is 1130. The number of aliphatic carboxylic acids is 1. The first-order valence-electron chi connectivity index (χ1n) is 11.9. The number of carboxylic acids is 1. The molecule has 0 atom stereocenters. The number of fused-ring (bicyclic) bond motifs is 1. The maximum absolute atomic E-state index is 13.2. The first kappa shape index (κ1) is 27.3. The largest absolute Gasteiger partial charge is 0.493 e. The molecular formula is C24H30F3N3O6. The molecule has 3 amide bonds. The van der Waals surface area contributed by atoms with E-state index < -0.39 is 29.4 Å². The lowest BCUT2D eigenvalue weighted by molar-refractivity contribution is -0.141. The summed E-state index contributed by atoms with van der Waals surface area (Å²) in [5.41, 5.74) is -1.60. The van der Waals surface area contributed by atoms with Crippen LogP contribution in [-0.2, 0) is 22.2 Å². The fourth-order valence-corrected chi connectivity index (χ4v) is 4.31. The molecule has 1 saturated heterocycles. The summed E-state index contributed by atoms with van der Waals surface area (Å²) in [6, 6.07) is 2.28. The topological polar surface area (TPSA) is 113 Å². The van der Waals surface area contributed by atoms with E-state index in [2.05, 4.69) is 5.16 Å². The summed E-state index contributed by atoms with van der Waals surface area (Å²) in [6.07, 6.45) is -2.39. The van der Waals surface area contributed by atoms with Gasteiger partial charge >= 0.3 is 18.2 Å². The molecule has 0 bridgehead atoms. The van der Waals surface area contributed by atoms with Crippen LogP contribution < -0.4 is 4.74 Å². The predicted molar refractivity (Wildman–Crippen MR) is 122 cm³/mol. The van der Waals surface area contributed by atoms with Crippen LogP contribution in [0.4, 0.5) is 18.0 Å². The number of halogens is 3. The van der Waals surface area contributed by atoms with Crippen molar-refractivity contribution in [1.82, 2.24) is 15.0 Å². The number of aryl methyl sites for hydroxylation is 1. The maximum Gasteiger partial charge on any atom is 0.437 e. The van der Waals surface area contributed by atoms with E-state index in [1.54, 1.807) is 13.8 Å². The smallest absolute Gasteiger partial charge is 0.437 e. The fourth-order valence-electron chi connectivity index (χ4n) is 4.31. The highest BCUT2D eigenvalue weighted by molar-refractivity contribution is 6.06. The number of rotatable bonds is 12. The number of carbonyl (C=O) groups is 3. The minimum Gasteiger partial charge on any atom is -0.493 e. The van der Waals surface area contributed by atoms with Gasteiger partial charge in [-0.15, -0.1) is 0 Å². The number of carboxylic acid groups (broad SMARTS) is 1. The summed E-state index contributed by atoms with van der Waals surface area (Å²) in [5.74, 6) is -0.890. The van der Waals surface area contributed by atoms with Crippen LogP contribution in [-0.4, -0.2) is 63.2 Å². The molecule has 1 aliphatic heterocycles. The number of carbonyl (C=O) groups excluding carboxylic acids is 2. The number of benzene rings is 1. The molecule has 2 aromatic rings. The molecule has 0 unspecified atom stereocenters. The number of nitrogens with zero attached hydrogens (tertiary/aromatic N) is 3. The maximum atomic E-state index is 13.2. The molecule has 0 radical (unpaired) electrons. The molecule has 1 aromatic carbocycles. The summed E-state index contributed by atoms with van der Waals surface area (Å²) in [6.45, 7) is 5.69. The van der Waals surface area contributed by atoms with Gasteiger partial charge in [0.05, 0.1) is 12.0 Å². The van der Waals surface area contributed by atoms with E-state index >= 15 is 0 Å². The summed E-state index contributed by atoms with van der Waals surface area (Å²) >= 11 is 0. The average Bonchev–Trinajstić information content (AvgIpc) is 3.29. The van der Waals surface area contributed by atoms with Crippen molar-refractivity contribution in [3.8, 4) is 5.75 Å². The van der Waals surface area contributed by atoms with Crippen molar-refractivity contribution in [1.29, 1.82) is 0 Å². The Morgan fingerprint density at radius 2 is 1.89 bits per heavy atom. The number of hydrogen-bond acceptors (Lipinski definition) is 6. The van der Waals surface area contributed by atoms with Crippen molar-refractivity contribution in [3.63, 3.8) is 0 Å². The molecular weight excluding hydrogens is 483 g/mol. The van der Waals surface area contributed by atoms with E-state index in [4.69, 9.17) is 14.4 Å². The van der Waals surface area contributed by atoms with Crippen LogP contribution in [0.25, 0.3) is 11.0 Å². The van der Waals surface area contributed by atoms with Crippen molar-refractivity contribution < 1.29 is 41.9 Å². The van der Waals surface area contributed by atoms with Crippen molar-refractivity contribution >= 4 is 28.9 Å². The molecule has 1 fully saturated rings. The van der Waals surface area contributed by atoms with Crippen LogP contribution in [0.3, 0.4) is 0 Å². The normalized spacial score (nSPS) is 15.8.